The summed E-state index contributed by atoms with van der Waals surface area (Å²) in [6.45, 7) is 0. The minimum atomic E-state index is -2.80. The minimum absolute atomic E-state index is 0. The van der Waals surface area contributed by atoms with Crippen molar-refractivity contribution in [2.75, 3.05) is 0 Å². The van der Waals surface area contributed by atoms with Crippen molar-refractivity contribution < 1.29 is 40.3 Å². The summed E-state index contributed by atoms with van der Waals surface area (Å²) in [5.74, 6) is -5.34. The van der Waals surface area contributed by atoms with Crippen LogP contribution >= 0.6 is 0 Å². The Labute approximate surface area is 100.0 Å². The molecule has 0 amide bonds. The first-order valence-electron chi connectivity index (χ1n) is 3.15. The quantitative estimate of drug-likeness (QED) is 0.418. The number of carboxylic acids is 3. The Morgan fingerprint density at radius 1 is 1.13 bits per heavy atom. The second-order valence-electron chi connectivity index (χ2n) is 2.46. The molecule has 0 aliphatic rings. The van der Waals surface area contributed by atoms with Crippen molar-refractivity contribution in [1.82, 2.24) is 0 Å². The molecule has 0 heterocycles. The molecule has 0 rings (SSSR count). The van der Waals surface area contributed by atoms with E-state index in [4.69, 9.17) is 15.3 Å². The SMILES string of the molecule is O=C([O-])CC(O)(CC(=O)O)C(=O)O.[Mg+2].[OH-]. The fourth-order valence-corrected chi connectivity index (χ4v) is 0.703. The summed E-state index contributed by atoms with van der Waals surface area (Å²) in [7, 11) is 0. The summed E-state index contributed by atoms with van der Waals surface area (Å²) in [6.07, 6.45) is -2.44. The van der Waals surface area contributed by atoms with Crippen LogP contribution in [0.15, 0.2) is 0 Å². The Morgan fingerprint density at radius 3 is 1.73 bits per heavy atom. The van der Waals surface area contributed by atoms with Crippen molar-refractivity contribution in [3.63, 3.8) is 0 Å². The molecule has 0 fully saturated rings. The zero-order valence-electron chi connectivity index (χ0n) is 7.54. The van der Waals surface area contributed by atoms with E-state index in [0.717, 1.165) is 0 Å². The van der Waals surface area contributed by atoms with E-state index in [-0.39, 0.29) is 28.5 Å². The van der Waals surface area contributed by atoms with Crippen LogP contribution in [0.25, 0.3) is 0 Å². The van der Waals surface area contributed by atoms with Gasteiger partial charge in [0.25, 0.3) is 0 Å². The second-order valence-corrected chi connectivity index (χ2v) is 2.46. The van der Waals surface area contributed by atoms with Crippen LogP contribution in [0.1, 0.15) is 12.8 Å². The van der Waals surface area contributed by atoms with Crippen molar-refractivity contribution >= 4 is 41.0 Å². The molecule has 15 heavy (non-hydrogen) atoms. The molecule has 1 unspecified atom stereocenters. The molecule has 8 nitrogen and oxygen atoms in total. The van der Waals surface area contributed by atoms with E-state index >= 15 is 0 Å². The second kappa shape index (κ2) is 7.40. The van der Waals surface area contributed by atoms with Gasteiger partial charge < -0.3 is 30.7 Å². The molecular weight excluding hydrogens is 224 g/mol. The molecule has 0 aromatic heterocycles. The van der Waals surface area contributed by atoms with Crippen LogP contribution in [-0.2, 0) is 14.4 Å². The summed E-state index contributed by atoms with van der Waals surface area (Å²) in [5, 5.41) is 35.5. The Bertz CT molecular complexity index is 234. The number of rotatable bonds is 5. The number of carbonyl (C=O) groups is 3. The molecule has 0 aliphatic heterocycles. The minimum Gasteiger partial charge on any atom is -0.870 e. The van der Waals surface area contributed by atoms with E-state index in [0.29, 0.717) is 0 Å². The van der Waals surface area contributed by atoms with E-state index < -0.39 is 36.4 Å². The van der Waals surface area contributed by atoms with E-state index in [1.165, 1.54) is 0 Å². The third-order valence-electron chi connectivity index (χ3n) is 1.28. The molecule has 0 spiro atoms. The standard InChI is InChI=1S/C6H8O7.Mg.H2O/c7-3(8)1-6(13,5(11)12)2-4(9)10;;/h13H,1-2H2,(H,7,8)(H,9,10)(H,11,12);;1H2/q;+2;/p-2. The van der Waals surface area contributed by atoms with Gasteiger partial charge in [-0.15, -0.1) is 0 Å². The maximum atomic E-state index is 10.3. The summed E-state index contributed by atoms with van der Waals surface area (Å²) >= 11 is 0. The van der Waals surface area contributed by atoms with Gasteiger partial charge >= 0.3 is 35.0 Å². The van der Waals surface area contributed by atoms with Gasteiger partial charge in [-0.3, -0.25) is 4.79 Å². The number of aliphatic hydroxyl groups is 1. The van der Waals surface area contributed by atoms with Crippen molar-refractivity contribution in [3.05, 3.63) is 0 Å². The van der Waals surface area contributed by atoms with Gasteiger partial charge in [-0.1, -0.05) is 0 Å². The molecule has 82 valence electrons. The maximum Gasteiger partial charge on any atom is 2.00 e. The predicted molar refractivity (Wildman–Crippen MR) is 42.2 cm³/mol. The molecule has 0 aromatic carbocycles. The average molecular weight is 232 g/mol. The topological polar surface area (TPSA) is 165 Å². The van der Waals surface area contributed by atoms with Gasteiger partial charge in [0, 0.05) is 12.4 Å². The Hall–Kier alpha value is -0.904. The van der Waals surface area contributed by atoms with Crippen molar-refractivity contribution in [2.24, 2.45) is 0 Å². The van der Waals surface area contributed by atoms with Gasteiger partial charge in [-0.05, 0) is 0 Å². The van der Waals surface area contributed by atoms with Gasteiger partial charge in [-0.2, -0.15) is 0 Å². The zero-order chi connectivity index (χ0) is 10.6. The molecule has 0 aliphatic carbocycles. The molecule has 0 aromatic rings. The predicted octanol–water partition coefficient (Wildman–Crippen LogP) is -3.14. The first-order chi connectivity index (χ1) is 5.78. The molecule has 0 saturated heterocycles. The maximum absolute atomic E-state index is 10.3. The fraction of sp³-hybridized carbons (Fsp3) is 0.500. The van der Waals surface area contributed by atoms with Crippen molar-refractivity contribution in [3.8, 4) is 0 Å². The first-order valence-corrected chi connectivity index (χ1v) is 3.15. The van der Waals surface area contributed by atoms with Crippen molar-refractivity contribution in [1.29, 1.82) is 0 Å². The summed E-state index contributed by atoms with van der Waals surface area (Å²) in [4.78, 5) is 30.3. The summed E-state index contributed by atoms with van der Waals surface area (Å²) < 4.78 is 0. The Kier molecular flexibility index (Phi) is 9.68. The third kappa shape index (κ3) is 7.08. The normalized spacial score (nSPS) is 12.6. The van der Waals surface area contributed by atoms with Gasteiger partial charge in [0.2, 0.25) is 0 Å². The van der Waals surface area contributed by atoms with Crippen LogP contribution in [0.5, 0.6) is 0 Å². The monoisotopic (exact) mass is 232 g/mol. The van der Waals surface area contributed by atoms with Crippen LogP contribution in [0.2, 0.25) is 0 Å². The zero-order valence-corrected chi connectivity index (χ0v) is 8.96. The molecule has 9 heteroatoms. The molecule has 0 saturated carbocycles. The number of carboxylic acid groups (broad SMARTS) is 3. The van der Waals surface area contributed by atoms with Crippen molar-refractivity contribution in [2.45, 2.75) is 18.4 Å². The largest absolute Gasteiger partial charge is 2.00 e. The van der Waals surface area contributed by atoms with Crippen LogP contribution < -0.4 is 5.11 Å². The Morgan fingerprint density at radius 2 is 1.53 bits per heavy atom. The average Bonchev–Trinajstić information content (AvgIpc) is 1.82. The van der Waals surface area contributed by atoms with Crippen LogP contribution in [0, 0.1) is 0 Å². The van der Waals surface area contributed by atoms with Gasteiger partial charge in [0.15, 0.2) is 5.60 Å². The summed E-state index contributed by atoms with van der Waals surface area (Å²) in [6, 6.07) is 0. The van der Waals surface area contributed by atoms with Crippen LogP contribution in [0.4, 0.5) is 0 Å². The molecule has 0 bridgehead atoms. The fourth-order valence-electron chi connectivity index (χ4n) is 0.703. The number of aliphatic carboxylic acids is 3. The van der Waals surface area contributed by atoms with Crippen LogP contribution in [-0.4, -0.2) is 67.4 Å². The van der Waals surface area contributed by atoms with E-state index in [1.54, 1.807) is 0 Å². The van der Waals surface area contributed by atoms with E-state index in [1.807, 2.05) is 0 Å². The molecule has 1 atom stereocenters. The summed E-state index contributed by atoms with van der Waals surface area (Å²) in [5.41, 5.74) is -2.80. The first kappa shape index (κ1) is 19.6. The smallest absolute Gasteiger partial charge is 0.870 e. The molecule has 4 N–H and O–H groups in total. The molecular formula is C6H8MgO8. The van der Waals surface area contributed by atoms with E-state index in [9.17, 15) is 19.5 Å². The number of carbonyl (C=O) groups excluding carboxylic acids is 1. The van der Waals surface area contributed by atoms with E-state index in [2.05, 4.69) is 0 Å². The van der Waals surface area contributed by atoms with Gasteiger partial charge in [-0.25, -0.2) is 4.79 Å². The number of hydrogen-bond donors (Lipinski definition) is 3. The Balaban J connectivity index is -0.000000720. The number of hydrogen-bond acceptors (Lipinski definition) is 6. The van der Waals surface area contributed by atoms with Crippen LogP contribution in [0.3, 0.4) is 0 Å². The molecule has 0 radical (unpaired) electrons. The van der Waals surface area contributed by atoms with Gasteiger partial charge in [0.1, 0.15) is 0 Å². The van der Waals surface area contributed by atoms with Gasteiger partial charge in [0.05, 0.1) is 6.42 Å². The third-order valence-corrected chi connectivity index (χ3v) is 1.28.